The van der Waals surface area contributed by atoms with E-state index < -0.39 is 11.5 Å². The highest BCUT2D eigenvalue weighted by molar-refractivity contribution is 5.69. The Morgan fingerprint density at radius 2 is 1.83 bits per heavy atom. The van der Waals surface area contributed by atoms with E-state index in [2.05, 4.69) is 26.8 Å². The first-order valence-corrected chi connectivity index (χ1v) is 6.16. The molecule has 1 aromatic rings. The Hall–Kier alpha value is -1.35. The number of rotatable bonds is 3. The van der Waals surface area contributed by atoms with Gasteiger partial charge >= 0.3 is 5.97 Å². The van der Waals surface area contributed by atoms with E-state index in [0.717, 1.165) is 11.1 Å². The Morgan fingerprint density at radius 1 is 1.28 bits per heavy atom. The van der Waals surface area contributed by atoms with Crippen LogP contribution in [-0.4, -0.2) is 11.1 Å². The van der Waals surface area contributed by atoms with Crippen LogP contribution in [0.4, 0.5) is 0 Å². The monoisotopic (exact) mass is 249 g/mol. The van der Waals surface area contributed by atoms with Gasteiger partial charge in [0.25, 0.3) is 0 Å². The second kappa shape index (κ2) is 4.73. The van der Waals surface area contributed by atoms with Gasteiger partial charge in [0, 0.05) is 5.54 Å². The highest BCUT2D eigenvalue weighted by Crippen LogP contribution is 2.29. The van der Waals surface area contributed by atoms with Crippen molar-refractivity contribution in [2.45, 2.75) is 52.0 Å². The lowest BCUT2D eigenvalue weighted by Gasteiger charge is -2.27. The molecule has 0 aliphatic carbocycles. The van der Waals surface area contributed by atoms with E-state index in [9.17, 15) is 4.79 Å². The number of aliphatic carboxylic acids is 1. The highest BCUT2D eigenvalue weighted by atomic mass is 16.4. The van der Waals surface area contributed by atoms with Gasteiger partial charge in [0.05, 0.1) is 6.42 Å². The third kappa shape index (κ3) is 3.33. The van der Waals surface area contributed by atoms with Crippen molar-refractivity contribution in [1.29, 1.82) is 0 Å². The van der Waals surface area contributed by atoms with Gasteiger partial charge < -0.3 is 10.8 Å². The van der Waals surface area contributed by atoms with Gasteiger partial charge in [-0.1, -0.05) is 39.0 Å². The van der Waals surface area contributed by atoms with Crippen LogP contribution in [0.25, 0.3) is 0 Å². The first-order valence-electron chi connectivity index (χ1n) is 6.16. The lowest BCUT2D eigenvalue weighted by Crippen LogP contribution is -2.36. The van der Waals surface area contributed by atoms with Crippen LogP contribution in [-0.2, 0) is 15.7 Å². The second-order valence-corrected chi connectivity index (χ2v) is 6.27. The summed E-state index contributed by atoms with van der Waals surface area (Å²) in [5, 5.41) is 8.91. The third-order valence-corrected chi connectivity index (χ3v) is 3.23. The fourth-order valence-corrected chi connectivity index (χ4v) is 2.18. The van der Waals surface area contributed by atoms with Gasteiger partial charge in [-0.2, -0.15) is 0 Å². The van der Waals surface area contributed by atoms with Gasteiger partial charge in [-0.05, 0) is 36.0 Å². The highest BCUT2D eigenvalue weighted by Gasteiger charge is 2.27. The van der Waals surface area contributed by atoms with E-state index in [4.69, 9.17) is 10.8 Å². The minimum Gasteiger partial charge on any atom is -0.481 e. The van der Waals surface area contributed by atoms with Crippen LogP contribution in [0.15, 0.2) is 18.2 Å². The molecule has 3 heteroatoms. The van der Waals surface area contributed by atoms with Gasteiger partial charge in [0.15, 0.2) is 0 Å². The Labute approximate surface area is 109 Å². The number of aryl methyl sites for hydroxylation is 1. The smallest absolute Gasteiger partial charge is 0.305 e. The summed E-state index contributed by atoms with van der Waals surface area (Å²) in [7, 11) is 0. The van der Waals surface area contributed by atoms with E-state index in [1.165, 1.54) is 5.56 Å². The summed E-state index contributed by atoms with van der Waals surface area (Å²) in [5.41, 5.74) is 8.56. The van der Waals surface area contributed by atoms with Crippen LogP contribution in [0.3, 0.4) is 0 Å². The van der Waals surface area contributed by atoms with Crippen LogP contribution in [0.5, 0.6) is 0 Å². The number of nitrogens with two attached hydrogens (primary N) is 1. The SMILES string of the molecule is Cc1cc(C(C)(C)C)ccc1C(C)(N)CC(=O)O. The number of carboxylic acids is 1. The van der Waals surface area contributed by atoms with Crippen LogP contribution in [0, 0.1) is 6.92 Å². The van der Waals surface area contributed by atoms with Gasteiger partial charge in [-0.25, -0.2) is 0 Å². The van der Waals surface area contributed by atoms with Crippen molar-refractivity contribution in [3.63, 3.8) is 0 Å². The molecule has 0 spiro atoms. The average Bonchev–Trinajstić information content (AvgIpc) is 2.13. The molecular weight excluding hydrogens is 226 g/mol. The minimum absolute atomic E-state index is 0.0668. The molecule has 0 fully saturated rings. The van der Waals surface area contributed by atoms with Crippen molar-refractivity contribution < 1.29 is 9.90 Å². The maximum Gasteiger partial charge on any atom is 0.305 e. The Kier molecular flexibility index (Phi) is 3.86. The predicted octanol–water partition coefficient (Wildman–Crippen LogP) is 2.94. The third-order valence-electron chi connectivity index (χ3n) is 3.23. The lowest BCUT2D eigenvalue weighted by atomic mass is 9.81. The first-order chi connectivity index (χ1) is 8.04. The molecule has 0 amide bonds. The molecule has 1 aromatic carbocycles. The maximum absolute atomic E-state index is 10.8. The molecule has 18 heavy (non-hydrogen) atoms. The van der Waals surface area contributed by atoms with Crippen molar-refractivity contribution in [2.24, 2.45) is 5.73 Å². The molecule has 0 aromatic heterocycles. The number of hydrogen-bond donors (Lipinski definition) is 2. The zero-order valence-corrected chi connectivity index (χ0v) is 11.9. The van der Waals surface area contributed by atoms with Crippen molar-refractivity contribution in [2.75, 3.05) is 0 Å². The van der Waals surface area contributed by atoms with Crippen LogP contribution >= 0.6 is 0 Å². The molecule has 0 bridgehead atoms. The molecule has 0 aliphatic rings. The number of benzene rings is 1. The second-order valence-electron chi connectivity index (χ2n) is 6.27. The zero-order valence-electron chi connectivity index (χ0n) is 11.9. The fourth-order valence-electron chi connectivity index (χ4n) is 2.18. The molecule has 0 aliphatic heterocycles. The minimum atomic E-state index is -0.876. The van der Waals surface area contributed by atoms with Crippen molar-refractivity contribution >= 4 is 5.97 Å². The molecule has 1 atom stereocenters. The van der Waals surface area contributed by atoms with Crippen molar-refractivity contribution in [3.8, 4) is 0 Å². The van der Waals surface area contributed by atoms with Crippen LogP contribution < -0.4 is 5.73 Å². The molecule has 1 unspecified atom stereocenters. The maximum atomic E-state index is 10.8. The van der Waals surface area contributed by atoms with Gasteiger partial charge in [0.1, 0.15) is 0 Å². The fraction of sp³-hybridized carbons (Fsp3) is 0.533. The standard InChI is InChI=1S/C15H23NO2/c1-10-8-11(14(2,3)4)6-7-12(10)15(5,16)9-13(17)18/h6-8H,9,16H2,1-5H3,(H,17,18). The molecule has 0 saturated carbocycles. The van der Waals surface area contributed by atoms with E-state index in [0.29, 0.717) is 0 Å². The van der Waals surface area contributed by atoms with Gasteiger partial charge in [-0.3, -0.25) is 4.79 Å². The van der Waals surface area contributed by atoms with E-state index >= 15 is 0 Å². The number of hydrogen-bond acceptors (Lipinski definition) is 2. The van der Waals surface area contributed by atoms with E-state index in [-0.39, 0.29) is 11.8 Å². The largest absolute Gasteiger partial charge is 0.481 e. The number of carbonyl (C=O) groups is 1. The molecular formula is C15H23NO2. The summed E-state index contributed by atoms with van der Waals surface area (Å²) in [6, 6.07) is 6.09. The summed E-state index contributed by atoms with van der Waals surface area (Å²) in [6.07, 6.45) is -0.0668. The van der Waals surface area contributed by atoms with Crippen molar-refractivity contribution in [1.82, 2.24) is 0 Å². The molecule has 100 valence electrons. The zero-order chi connectivity index (χ0) is 14.1. The van der Waals surface area contributed by atoms with E-state index in [1.54, 1.807) is 6.92 Å². The summed E-state index contributed by atoms with van der Waals surface area (Å²) >= 11 is 0. The average molecular weight is 249 g/mol. The van der Waals surface area contributed by atoms with Crippen LogP contribution in [0.1, 0.15) is 50.8 Å². The Morgan fingerprint density at radius 3 is 2.22 bits per heavy atom. The summed E-state index contributed by atoms with van der Waals surface area (Å²) in [5.74, 6) is -0.876. The summed E-state index contributed by atoms with van der Waals surface area (Å²) < 4.78 is 0. The van der Waals surface area contributed by atoms with Crippen LogP contribution in [0.2, 0.25) is 0 Å². The summed E-state index contributed by atoms with van der Waals surface area (Å²) in [4.78, 5) is 10.8. The van der Waals surface area contributed by atoms with Gasteiger partial charge in [-0.15, -0.1) is 0 Å². The summed E-state index contributed by atoms with van der Waals surface area (Å²) in [6.45, 7) is 10.2. The van der Waals surface area contributed by atoms with E-state index in [1.807, 2.05) is 19.1 Å². The first kappa shape index (κ1) is 14.7. The molecule has 0 heterocycles. The Bertz CT molecular complexity index is 456. The predicted molar refractivity (Wildman–Crippen MR) is 73.7 cm³/mol. The molecule has 0 saturated heterocycles. The topological polar surface area (TPSA) is 63.3 Å². The molecule has 0 radical (unpaired) electrons. The van der Waals surface area contributed by atoms with Crippen molar-refractivity contribution in [3.05, 3.63) is 34.9 Å². The van der Waals surface area contributed by atoms with Gasteiger partial charge in [0.2, 0.25) is 0 Å². The Balaban J connectivity index is 3.17. The normalized spacial score (nSPS) is 15.2. The number of carboxylic acid groups (broad SMARTS) is 1. The lowest BCUT2D eigenvalue weighted by molar-refractivity contribution is -0.138. The quantitative estimate of drug-likeness (QED) is 0.865. The molecule has 3 N–H and O–H groups in total. The molecule has 1 rings (SSSR count). The molecule has 3 nitrogen and oxygen atoms in total.